The molecule has 1 saturated heterocycles. The Morgan fingerprint density at radius 2 is 2.27 bits per heavy atom. The molecule has 1 atom stereocenters. The molecule has 0 radical (unpaired) electrons. The summed E-state index contributed by atoms with van der Waals surface area (Å²) in [4.78, 5) is 13.2. The molecule has 0 aromatic carbocycles. The highest BCUT2D eigenvalue weighted by Gasteiger charge is 2.24. The van der Waals surface area contributed by atoms with E-state index in [1.165, 1.54) is 24.4 Å². The Morgan fingerprint density at radius 1 is 1.32 bits per heavy atom. The third-order valence-electron chi connectivity index (χ3n) is 4.50. The summed E-state index contributed by atoms with van der Waals surface area (Å²) in [5.41, 5.74) is 2.01. The topological polar surface area (TPSA) is 34.0 Å². The minimum absolute atomic E-state index is 0.693. The zero-order valence-corrected chi connectivity index (χ0v) is 13.6. The summed E-state index contributed by atoms with van der Waals surface area (Å²) in [7, 11) is 0. The van der Waals surface area contributed by atoms with Crippen molar-refractivity contribution < 1.29 is 0 Å². The van der Waals surface area contributed by atoms with E-state index < -0.39 is 0 Å². The van der Waals surface area contributed by atoms with Crippen molar-refractivity contribution in [2.45, 2.75) is 19.9 Å². The van der Waals surface area contributed by atoms with Crippen molar-refractivity contribution in [3.05, 3.63) is 35.8 Å². The summed E-state index contributed by atoms with van der Waals surface area (Å²) < 4.78 is 2.32. The lowest BCUT2D eigenvalue weighted by molar-refractivity contribution is 0.334. The summed E-state index contributed by atoms with van der Waals surface area (Å²) >= 11 is 1.75. The molecular formula is C17H20N4S. The van der Waals surface area contributed by atoms with E-state index in [0.717, 1.165) is 30.1 Å². The van der Waals surface area contributed by atoms with Crippen LogP contribution in [0.25, 0.3) is 21.9 Å². The Labute approximate surface area is 134 Å². The van der Waals surface area contributed by atoms with Gasteiger partial charge < -0.3 is 9.47 Å². The lowest BCUT2D eigenvalue weighted by Gasteiger charge is -2.15. The van der Waals surface area contributed by atoms with Crippen LogP contribution in [0.15, 0.2) is 35.8 Å². The van der Waals surface area contributed by atoms with Gasteiger partial charge in [0.05, 0.1) is 4.88 Å². The number of rotatable bonds is 4. The van der Waals surface area contributed by atoms with Gasteiger partial charge in [0, 0.05) is 19.3 Å². The maximum atomic E-state index is 4.83. The summed E-state index contributed by atoms with van der Waals surface area (Å²) in [5, 5.41) is 2.11. The first kappa shape index (κ1) is 13.9. The van der Waals surface area contributed by atoms with E-state index in [2.05, 4.69) is 45.0 Å². The molecule has 22 heavy (non-hydrogen) atoms. The molecule has 3 aromatic rings. The SMILES string of the molecule is CCN1CCC(Cn2c(-c3cccs3)nc3cccnc32)C1. The molecule has 5 heteroatoms. The monoisotopic (exact) mass is 312 g/mol. The number of nitrogens with zero attached hydrogens (tertiary/aromatic N) is 4. The lowest BCUT2D eigenvalue weighted by Crippen LogP contribution is -2.21. The third-order valence-corrected chi connectivity index (χ3v) is 5.37. The standard InChI is InChI=1S/C17H20N4S/c1-2-20-9-7-13(11-20)12-21-16-14(5-3-8-18-16)19-17(21)15-6-4-10-22-15/h3-6,8,10,13H,2,7,9,11-12H2,1H3. The molecular weight excluding hydrogens is 292 g/mol. The van der Waals surface area contributed by atoms with Gasteiger partial charge in [0.25, 0.3) is 0 Å². The summed E-state index contributed by atoms with van der Waals surface area (Å²) in [5.74, 6) is 1.76. The molecule has 114 valence electrons. The van der Waals surface area contributed by atoms with E-state index in [4.69, 9.17) is 4.98 Å². The van der Waals surface area contributed by atoms with Gasteiger partial charge in [-0.2, -0.15) is 0 Å². The average Bonchev–Trinajstić information content (AvgIpc) is 3.27. The van der Waals surface area contributed by atoms with Crippen molar-refractivity contribution in [1.82, 2.24) is 19.4 Å². The summed E-state index contributed by atoms with van der Waals surface area (Å²) in [6.45, 7) is 6.81. The van der Waals surface area contributed by atoms with Gasteiger partial charge in [-0.1, -0.05) is 13.0 Å². The molecule has 0 amide bonds. The zero-order valence-electron chi connectivity index (χ0n) is 12.8. The van der Waals surface area contributed by atoms with E-state index in [1.54, 1.807) is 11.3 Å². The van der Waals surface area contributed by atoms with E-state index >= 15 is 0 Å². The van der Waals surface area contributed by atoms with Gasteiger partial charge in [0.1, 0.15) is 5.52 Å². The fourth-order valence-electron chi connectivity index (χ4n) is 3.33. The third kappa shape index (κ3) is 2.44. The Bertz CT molecular complexity index is 762. The second kappa shape index (κ2) is 5.82. The smallest absolute Gasteiger partial charge is 0.160 e. The molecule has 1 fully saturated rings. The predicted octanol–water partition coefficient (Wildman–Crippen LogP) is 3.50. The van der Waals surface area contributed by atoms with Crippen molar-refractivity contribution in [3.63, 3.8) is 0 Å². The van der Waals surface area contributed by atoms with Gasteiger partial charge >= 0.3 is 0 Å². The van der Waals surface area contributed by atoms with Crippen LogP contribution in [0.5, 0.6) is 0 Å². The number of pyridine rings is 1. The fraction of sp³-hybridized carbons (Fsp3) is 0.412. The van der Waals surface area contributed by atoms with Crippen LogP contribution in [-0.4, -0.2) is 39.1 Å². The first-order valence-corrected chi connectivity index (χ1v) is 8.80. The van der Waals surface area contributed by atoms with Crippen molar-refractivity contribution in [3.8, 4) is 10.7 Å². The number of likely N-dealkylation sites (tertiary alicyclic amines) is 1. The predicted molar refractivity (Wildman–Crippen MR) is 91.1 cm³/mol. The first-order valence-electron chi connectivity index (χ1n) is 7.92. The highest BCUT2D eigenvalue weighted by molar-refractivity contribution is 7.13. The molecule has 3 aromatic heterocycles. The van der Waals surface area contributed by atoms with Gasteiger partial charge in [-0.25, -0.2) is 9.97 Å². The Hall–Kier alpha value is -1.72. The van der Waals surface area contributed by atoms with Crippen molar-refractivity contribution in [1.29, 1.82) is 0 Å². The molecule has 4 nitrogen and oxygen atoms in total. The van der Waals surface area contributed by atoms with E-state index in [1.807, 2.05) is 12.3 Å². The van der Waals surface area contributed by atoms with Gasteiger partial charge in [-0.15, -0.1) is 11.3 Å². The maximum Gasteiger partial charge on any atom is 0.160 e. The normalized spacial score (nSPS) is 19.2. The van der Waals surface area contributed by atoms with Crippen LogP contribution in [0, 0.1) is 5.92 Å². The van der Waals surface area contributed by atoms with Crippen LogP contribution in [0.2, 0.25) is 0 Å². The number of imidazole rings is 1. The Balaban J connectivity index is 1.73. The van der Waals surface area contributed by atoms with E-state index in [9.17, 15) is 0 Å². The zero-order chi connectivity index (χ0) is 14.9. The number of thiophene rings is 1. The maximum absolute atomic E-state index is 4.83. The van der Waals surface area contributed by atoms with Gasteiger partial charge in [0.15, 0.2) is 11.5 Å². The summed E-state index contributed by atoms with van der Waals surface area (Å²) in [6, 6.07) is 8.26. The molecule has 0 N–H and O–H groups in total. The molecule has 4 rings (SSSR count). The molecule has 0 saturated carbocycles. The first-order chi connectivity index (χ1) is 10.8. The molecule has 4 heterocycles. The van der Waals surface area contributed by atoms with Crippen LogP contribution < -0.4 is 0 Å². The second-order valence-electron chi connectivity index (χ2n) is 5.92. The van der Waals surface area contributed by atoms with Gasteiger partial charge in [-0.3, -0.25) is 0 Å². The van der Waals surface area contributed by atoms with Crippen molar-refractivity contribution >= 4 is 22.5 Å². The van der Waals surface area contributed by atoms with E-state index in [0.29, 0.717) is 5.92 Å². The number of hydrogen-bond donors (Lipinski definition) is 0. The van der Waals surface area contributed by atoms with Gasteiger partial charge in [0.2, 0.25) is 0 Å². The van der Waals surface area contributed by atoms with E-state index in [-0.39, 0.29) is 0 Å². The number of aromatic nitrogens is 3. The largest absolute Gasteiger partial charge is 0.308 e. The van der Waals surface area contributed by atoms with Crippen LogP contribution in [-0.2, 0) is 6.54 Å². The fourth-order valence-corrected chi connectivity index (χ4v) is 4.05. The molecule has 0 spiro atoms. The highest BCUT2D eigenvalue weighted by atomic mass is 32.1. The molecule has 0 bridgehead atoms. The second-order valence-corrected chi connectivity index (χ2v) is 6.87. The number of fused-ring (bicyclic) bond motifs is 1. The Kier molecular flexibility index (Phi) is 3.68. The molecule has 1 aliphatic rings. The lowest BCUT2D eigenvalue weighted by atomic mass is 10.1. The minimum Gasteiger partial charge on any atom is -0.308 e. The van der Waals surface area contributed by atoms with Crippen molar-refractivity contribution in [2.24, 2.45) is 5.92 Å². The van der Waals surface area contributed by atoms with Crippen LogP contribution in [0.3, 0.4) is 0 Å². The van der Waals surface area contributed by atoms with Crippen LogP contribution in [0.4, 0.5) is 0 Å². The van der Waals surface area contributed by atoms with Gasteiger partial charge in [-0.05, 0) is 49.0 Å². The highest BCUT2D eigenvalue weighted by Crippen LogP contribution is 2.29. The molecule has 1 aliphatic heterocycles. The number of hydrogen-bond acceptors (Lipinski definition) is 4. The molecule has 1 unspecified atom stereocenters. The van der Waals surface area contributed by atoms with Crippen LogP contribution in [0.1, 0.15) is 13.3 Å². The average molecular weight is 312 g/mol. The molecule has 0 aliphatic carbocycles. The quantitative estimate of drug-likeness (QED) is 0.739. The Morgan fingerprint density at radius 3 is 3.05 bits per heavy atom. The minimum atomic E-state index is 0.693. The van der Waals surface area contributed by atoms with Crippen LogP contribution >= 0.6 is 11.3 Å². The summed E-state index contributed by atoms with van der Waals surface area (Å²) in [6.07, 6.45) is 3.13. The van der Waals surface area contributed by atoms with Crippen molar-refractivity contribution in [2.75, 3.05) is 19.6 Å².